The van der Waals surface area contributed by atoms with Crippen LogP contribution in [0.2, 0.25) is 0 Å². The molecule has 1 aromatic carbocycles. The number of carboxylic acid groups (broad SMARTS) is 1. The second kappa shape index (κ2) is 34.0. The van der Waals surface area contributed by atoms with Crippen LogP contribution in [0.25, 0.3) is 0 Å². The third kappa shape index (κ3) is 25.9. The number of guanidine groups is 1. The Morgan fingerprint density at radius 1 is 0.554 bits per heavy atom. The molecule has 8 amide bonds. The van der Waals surface area contributed by atoms with Crippen LogP contribution in [0.4, 0.5) is 0 Å². The van der Waals surface area contributed by atoms with Crippen LogP contribution in [0.1, 0.15) is 132 Å². The van der Waals surface area contributed by atoms with Crippen LogP contribution in [-0.2, 0) is 49.6 Å². The van der Waals surface area contributed by atoms with Crippen LogP contribution >= 0.6 is 0 Å². The summed E-state index contributed by atoms with van der Waals surface area (Å²) in [6.07, 6.45) is 1.65. The van der Waals surface area contributed by atoms with Gasteiger partial charge in [-0.1, -0.05) is 73.9 Å². The number of unbranched alkanes of at least 4 members (excludes halogenated alkanes) is 1. The molecule has 24 nitrogen and oxygen atoms in total. The molecular weight excluding hydrogens is 959 g/mol. The average Bonchev–Trinajstić information content (AvgIpc) is 3.31. The quantitative estimate of drug-likeness (QED) is 0.0226. The van der Waals surface area contributed by atoms with Crippen LogP contribution in [0.15, 0.2) is 29.3 Å². The fraction of sp³-hybridized carbons (Fsp3) is 0.680. The van der Waals surface area contributed by atoms with Crippen molar-refractivity contribution in [1.82, 2.24) is 37.2 Å². The first-order valence-corrected chi connectivity index (χ1v) is 25.6. The number of phenolic OH excluding ortho intramolecular Hbond substituents is 1. The highest BCUT2D eigenvalue weighted by Crippen LogP contribution is 2.16. The normalized spacial score (nSPS) is 14.9. The van der Waals surface area contributed by atoms with Gasteiger partial charge < -0.3 is 76.1 Å². The second-order valence-electron chi connectivity index (χ2n) is 20.2. The predicted molar refractivity (Wildman–Crippen MR) is 280 cm³/mol. The molecule has 0 fully saturated rings. The number of aliphatic carboxylic acids is 1. The molecule has 0 aliphatic carbocycles. The molecule has 0 unspecified atom stereocenters. The number of aliphatic imine (C=N–C) groups is 1. The molecule has 0 spiro atoms. The lowest BCUT2D eigenvalue weighted by atomic mass is 9.95. The van der Waals surface area contributed by atoms with Gasteiger partial charge >= 0.3 is 5.97 Å². The average molecular weight is 1050 g/mol. The van der Waals surface area contributed by atoms with Crippen LogP contribution in [0, 0.1) is 23.7 Å². The molecule has 24 heteroatoms. The van der Waals surface area contributed by atoms with Crippen molar-refractivity contribution in [3.63, 3.8) is 0 Å². The van der Waals surface area contributed by atoms with Gasteiger partial charge in [-0.25, -0.2) is 4.79 Å². The van der Waals surface area contributed by atoms with Gasteiger partial charge in [0.2, 0.25) is 47.3 Å². The molecule has 0 radical (unpaired) electrons. The molecule has 74 heavy (non-hydrogen) atoms. The van der Waals surface area contributed by atoms with E-state index in [0.29, 0.717) is 37.8 Å². The summed E-state index contributed by atoms with van der Waals surface area (Å²) in [6.45, 7) is 15.1. The first-order chi connectivity index (χ1) is 34.7. The van der Waals surface area contributed by atoms with E-state index in [2.05, 4.69) is 42.2 Å². The number of carbonyl (C=O) groups is 9. The van der Waals surface area contributed by atoms with Gasteiger partial charge in [-0.3, -0.25) is 43.3 Å². The van der Waals surface area contributed by atoms with E-state index in [9.17, 15) is 53.4 Å². The number of hydrogen-bond acceptors (Lipinski definition) is 13. The van der Waals surface area contributed by atoms with Gasteiger partial charge in [0.15, 0.2) is 5.96 Å². The Kier molecular flexibility index (Phi) is 30.1. The van der Waals surface area contributed by atoms with E-state index in [1.165, 1.54) is 24.3 Å². The van der Waals surface area contributed by atoms with Crippen LogP contribution in [0.3, 0.4) is 0 Å². The number of primary amides is 1. The zero-order valence-corrected chi connectivity index (χ0v) is 44.5. The van der Waals surface area contributed by atoms with Gasteiger partial charge in [-0.05, 0) is 106 Å². The number of nitrogens with zero attached hydrogens (tertiary/aromatic N) is 1. The number of benzene rings is 1. The van der Waals surface area contributed by atoms with Crippen molar-refractivity contribution < 1.29 is 53.4 Å². The van der Waals surface area contributed by atoms with Gasteiger partial charge in [-0.2, -0.15) is 0 Å². The fourth-order valence-electron chi connectivity index (χ4n) is 7.73. The smallest absolute Gasteiger partial charge is 0.326 e. The molecule has 0 bridgehead atoms. The van der Waals surface area contributed by atoms with Crippen LogP contribution in [-0.4, -0.2) is 131 Å². The van der Waals surface area contributed by atoms with Gasteiger partial charge in [0.25, 0.3) is 0 Å². The predicted octanol–water partition coefficient (Wildman–Crippen LogP) is -0.627. The van der Waals surface area contributed by atoms with E-state index < -0.39 is 107 Å². The molecule has 0 heterocycles. The number of hydrogen-bond donors (Lipinski definition) is 14. The maximum Gasteiger partial charge on any atom is 0.326 e. The summed E-state index contributed by atoms with van der Waals surface area (Å²) in [5.74, 6) is -8.30. The summed E-state index contributed by atoms with van der Waals surface area (Å²) in [4.78, 5) is 125. The summed E-state index contributed by atoms with van der Waals surface area (Å²) in [5, 5.41) is 38.5. The number of amides is 8. The van der Waals surface area contributed by atoms with E-state index in [1.54, 1.807) is 20.8 Å². The molecule has 0 aliphatic heterocycles. The monoisotopic (exact) mass is 1050 g/mol. The lowest BCUT2D eigenvalue weighted by molar-refractivity contribution is -0.142. The number of phenols is 1. The lowest BCUT2D eigenvalue weighted by Gasteiger charge is -2.30. The topological polar surface area (TPSA) is 421 Å². The van der Waals surface area contributed by atoms with Crippen molar-refractivity contribution in [1.29, 1.82) is 0 Å². The van der Waals surface area contributed by atoms with Crippen molar-refractivity contribution in [2.75, 3.05) is 13.1 Å². The number of rotatable bonds is 36. The van der Waals surface area contributed by atoms with E-state index in [1.807, 2.05) is 34.6 Å². The molecule has 19 N–H and O–H groups in total. The molecule has 1 aromatic rings. The van der Waals surface area contributed by atoms with Crippen molar-refractivity contribution in [2.45, 2.75) is 181 Å². The summed E-state index contributed by atoms with van der Waals surface area (Å²) in [7, 11) is 0. The van der Waals surface area contributed by atoms with Crippen molar-refractivity contribution >= 4 is 59.2 Å². The fourth-order valence-corrected chi connectivity index (χ4v) is 7.73. The Morgan fingerprint density at radius 2 is 1.00 bits per heavy atom. The van der Waals surface area contributed by atoms with E-state index in [4.69, 9.17) is 28.7 Å². The molecule has 0 saturated carbocycles. The first-order valence-electron chi connectivity index (χ1n) is 25.6. The molecule has 0 saturated heterocycles. The maximum atomic E-state index is 14.3. The first kappa shape index (κ1) is 65.5. The summed E-state index contributed by atoms with van der Waals surface area (Å²) in [5.41, 5.74) is 28.4. The number of carboxylic acids is 1. The Bertz CT molecular complexity index is 2010. The number of nitrogens with one attached hydrogen (secondary N) is 7. The largest absolute Gasteiger partial charge is 0.508 e. The third-order valence-corrected chi connectivity index (χ3v) is 12.0. The van der Waals surface area contributed by atoms with Gasteiger partial charge in [0, 0.05) is 19.4 Å². The van der Waals surface area contributed by atoms with Crippen molar-refractivity contribution in [2.24, 2.45) is 57.3 Å². The molecule has 0 aliphatic rings. The molecule has 9 atom stereocenters. The zero-order valence-electron chi connectivity index (χ0n) is 44.5. The summed E-state index contributed by atoms with van der Waals surface area (Å²) in [6, 6.07) is -4.09. The van der Waals surface area contributed by atoms with E-state index in [0.717, 1.165) is 0 Å². The zero-order chi connectivity index (χ0) is 56.2. The van der Waals surface area contributed by atoms with E-state index >= 15 is 0 Å². The highest BCUT2D eigenvalue weighted by molar-refractivity contribution is 5.97. The standard InChI is InChI=1S/C50H87N13O11/c1-9-30(8)41(63-47(71)38(25-29(6)7)59-42(66)33(52)13-12-22-56-50(54)55)48(72)57-34(14-10-11-21-51)43(67)60-36(23-27(2)3)44(68)61-37(24-28(4)5)45(69)62-39(26-31-15-17-32(64)18-16-31)46(70)58-35(49(73)74)19-20-40(53)65/h15-18,27-30,33-39,41,64H,9-14,19-26,51-52H2,1-8H3,(H2,53,65)(H,57,72)(H,58,70)(H,59,66)(H,60,67)(H,61,68)(H,62,69)(H,63,71)(H,73,74)(H4,54,55,56)/t30-,33-,34-,35-,36-,37-,38-,39-,41-/m0/s1. The Balaban J connectivity index is 3.49. The second-order valence-corrected chi connectivity index (χ2v) is 20.2. The molecule has 1 rings (SSSR count). The lowest BCUT2D eigenvalue weighted by Crippen LogP contribution is -2.61. The highest BCUT2D eigenvalue weighted by Gasteiger charge is 2.36. The summed E-state index contributed by atoms with van der Waals surface area (Å²) < 4.78 is 0. The van der Waals surface area contributed by atoms with Crippen LogP contribution in [0.5, 0.6) is 5.75 Å². The third-order valence-electron chi connectivity index (χ3n) is 12.0. The number of nitrogens with two attached hydrogens (primary N) is 5. The Hall–Kier alpha value is -6.56. The van der Waals surface area contributed by atoms with Crippen molar-refractivity contribution in [3.8, 4) is 5.75 Å². The summed E-state index contributed by atoms with van der Waals surface area (Å²) >= 11 is 0. The van der Waals surface area contributed by atoms with Gasteiger partial charge in [0.05, 0.1) is 6.04 Å². The van der Waals surface area contributed by atoms with Gasteiger partial charge in [0.1, 0.15) is 48.0 Å². The Morgan fingerprint density at radius 3 is 1.46 bits per heavy atom. The highest BCUT2D eigenvalue weighted by atomic mass is 16.4. The maximum absolute atomic E-state index is 14.3. The minimum atomic E-state index is -1.53. The van der Waals surface area contributed by atoms with Crippen LogP contribution < -0.4 is 65.9 Å². The van der Waals surface area contributed by atoms with E-state index in [-0.39, 0.29) is 87.4 Å². The molecule has 418 valence electrons. The number of aromatic hydroxyl groups is 1. The minimum absolute atomic E-state index is 0.0539. The van der Waals surface area contributed by atoms with Crippen molar-refractivity contribution in [3.05, 3.63) is 29.8 Å². The molecular formula is C50H87N13O11. The Labute approximate surface area is 435 Å². The molecule has 0 aromatic heterocycles. The van der Waals surface area contributed by atoms with Gasteiger partial charge in [-0.15, -0.1) is 0 Å². The SMILES string of the molecule is CC[C@H](C)[C@H](NC(=O)[C@H](CC(C)C)NC(=O)[C@@H](N)CCCN=C(N)N)C(=O)N[C@@H](CCCCN)C(=O)N[C@@H](CC(C)C)C(=O)N[C@@H](CC(C)C)C(=O)N[C@@H](Cc1ccc(O)cc1)C(=O)N[C@@H](CCC(N)=O)C(=O)O. The number of carbonyl (C=O) groups excluding carboxylic acids is 8. The minimum Gasteiger partial charge on any atom is -0.508 e.